The summed E-state index contributed by atoms with van der Waals surface area (Å²) in [5.41, 5.74) is 2.55. The number of methoxy groups -OCH3 is 1. The average Bonchev–Trinajstić information content (AvgIpc) is 3.18. The van der Waals surface area contributed by atoms with Crippen LogP contribution in [0.3, 0.4) is 0 Å². The van der Waals surface area contributed by atoms with E-state index in [1.54, 1.807) is 31.6 Å². The number of aromatic amines is 1. The Morgan fingerprint density at radius 2 is 2.18 bits per heavy atom. The van der Waals surface area contributed by atoms with Crippen LogP contribution in [0.4, 0.5) is 5.69 Å². The van der Waals surface area contributed by atoms with Gasteiger partial charge in [-0.25, -0.2) is 0 Å². The number of anilines is 1. The van der Waals surface area contributed by atoms with Crippen molar-refractivity contribution in [3.63, 3.8) is 0 Å². The van der Waals surface area contributed by atoms with E-state index in [-0.39, 0.29) is 11.6 Å². The number of rotatable bonds is 4. The first-order valence-electron chi connectivity index (χ1n) is 6.72. The monoisotopic (exact) mass is 297 g/mol. The second-order valence-electron chi connectivity index (χ2n) is 4.80. The first-order chi connectivity index (χ1) is 10.7. The smallest absolute Gasteiger partial charge is 0.276 e. The summed E-state index contributed by atoms with van der Waals surface area (Å²) in [6.45, 7) is 1.94. The molecule has 6 heteroatoms. The van der Waals surface area contributed by atoms with Gasteiger partial charge in [0.2, 0.25) is 0 Å². The van der Waals surface area contributed by atoms with Crippen LogP contribution in [-0.4, -0.2) is 23.2 Å². The van der Waals surface area contributed by atoms with Crippen LogP contribution in [0, 0.1) is 6.92 Å². The molecule has 3 aromatic rings. The molecular formula is C16H15N3O3. The highest BCUT2D eigenvalue weighted by atomic mass is 16.5. The number of nitrogens with one attached hydrogen (secondary N) is 2. The normalized spacial score (nSPS) is 10.5. The van der Waals surface area contributed by atoms with Crippen molar-refractivity contribution in [1.82, 2.24) is 10.2 Å². The van der Waals surface area contributed by atoms with Crippen LogP contribution < -0.4 is 10.1 Å². The summed E-state index contributed by atoms with van der Waals surface area (Å²) < 4.78 is 10.5. The third kappa shape index (κ3) is 2.71. The highest BCUT2D eigenvalue weighted by Gasteiger charge is 2.14. The van der Waals surface area contributed by atoms with Crippen molar-refractivity contribution in [1.29, 1.82) is 0 Å². The zero-order valence-electron chi connectivity index (χ0n) is 12.2. The lowest BCUT2D eigenvalue weighted by Crippen LogP contribution is -2.13. The molecule has 0 spiro atoms. The van der Waals surface area contributed by atoms with Gasteiger partial charge in [0.15, 0.2) is 11.5 Å². The van der Waals surface area contributed by atoms with E-state index in [4.69, 9.17) is 9.15 Å². The van der Waals surface area contributed by atoms with Gasteiger partial charge in [0, 0.05) is 6.07 Å². The quantitative estimate of drug-likeness (QED) is 0.774. The number of furan rings is 1. The molecular weight excluding hydrogens is 282 g/mol. The van der Waals surface area contributed by atoms with Crippen LogP contribution in [0.1, 0.15) is 16.1 Å². The van der Waals surface area contributed by atoms with Crippen molar-refractivity contribution in [3.8, 4) is 17.2 Å². The molecule has 0 bridgehead atoms. The second kappa shape index (κ2) is 5.77. The number of hydrogen-bond donors (Lipinski definition) is 2. The maximum atomic E-state index is 12.3. The minimum Gasteiger partial charge on any atom is -0.495 e. The van der Waals surface area contributed by atoms with Crippen molar-refractivity contribution in [2.75, 3.05) is 12.4 Å². The lowest BCUT2D eigenvalue weighted by Gasteiger charge is -2.09. The highest BCUT2D eigenvalue weighted by molar-refractivity contribution is 6.04. The number of carbonyl (C=O) groups excluding carboxylic acids is 1. The van der Waals surface area contributed by atoms with Gasteiger partial charge in [-0.15, -0.1) is 0 Å². The highest BCUT2D eigenvalue weighted by Crippen LogP contribution is 2.26. The third-order valence-electron chi connectivity index (χ3n) is 3.20. The predicted molar refractivity (Wildman–Crippen MR) is 82.0 cm³/mol. The first kappa shape index (κ1) is 13.9. The molecule has 0 atom stereocenters. The van der Waals surface area contributed by atoms with Crippen molar-refractivity contribution in [2.45, 2.75) is 6.92 Å². The molecule has 112 valence electrons. The molecule has 2 N–H and O–H groups in total. The zero-order valence-corrected chi connectivity index (χ0v) is 12.2. The Morgan fingerprint density at radius 1 is 1.32 bits per heavy atom. The molecule has 0 aliphatic rings. The molecule has 22 heavy (non-hydrogen) atoms. The number of amides is 1. The van der Waals surface area contributed by atoms with Crippen LogP contribution in [0.25, 0.3) is 11.5 Å². The Morgan fingerprint density at radius 3 is 2.91 bits per heavy atom. The maximum absolute atomic E-state index is 12.3. The van der Waals surface area contributed by atoms with E-state index in [0.29, 0.717) is 22.9 Å². The van der Waals surface area contributed by atoms with Gasteiger partial charge < -0.3 is 14.5 Å². The Bertz CT molecular complexity index is 791. The number of H-pyrrole nitrogens is 1. The summed E-state index contributed by atoms with van der Waals surface area (Å²) in [7, 11) is 1.56. The fourth-order valence-corrected chi connectivity index (χ4v) is 2.10. The lowest BCUT2D eigenvalue weighted by molar-refractivity contribution is 0.102. The van der Waals surface area contributed by atoms with Crippen LogP contribution in [0.5, 0.6) is 5.75 Å². The van der Waals surface area contributed by atoms with Gasteiger partial charge in [0.1, 0.15) is 11.4 Å². The van der Waals surface area contributed by atoms with E-state index in [9.17, 15) is 4.79 Å². The molecule has 0 unspecified atom stereocenters. The van der Waals surface area contributed by atoms with Crippen molar-refractivity contribution in [2.24, 2.45) is 0 Å². The number of carbonyl (C=O) groups is 1. The number of ether oxygens (including phenoxy) is 1. The number of benzene rings is 1. The SMILES string of the molecule is COc1ccc(C)cc1NC(=O)c1cc(-c2ccco2)[nH]n1. The average molecular weight is 297 g/mol. The Hall–Kier alpha value is -3.02. The van der Waals surface area contributed by atoms with E-state index in [1.165, 1.54) is 0 Å². The number of nitrogens with zero attached hydrogens (tertiary/aromatic N) is 1. The molecule has 2 heterocycles. The molecule has 1 aromatic carbocycles. The zero-order chi connectivity index (χ0) is 15.5. The Labute approximate surface area is 127 Å². The van der Waals surface area contributed by atoms with Crippen LogP contribution >= 0.6 is 0 Å². The van der Waals surface area contributed by atoms with E-state index in [1.807, 2.05) is 25.1 Å². The predicted octanol–water partition coefficient (Wildman–Crippen LogP) is 3.24. The van der Waals surface area contributed by atoms with Gasteiger partial charge in [-0.2, -0.15) is 5.10 Å². The summed E-state index contributed by atoms with van der Waals surface area (Å²) in [5, 5.41) is 9.59. The van der Waals surface area contributed by atoms with Crippen LogP contribution in [0.15, 0.2) is 47.1 Å². The van der Waals surface area contributed by atoms with Gasteiger partial charge in [-0.3, -0.25) is 9.89 Å². The molecule has 0 saturated heterocycles. The summed E-state index contributed by atoms with van der Waals surface area (Å²) >= 11 is 0. The molecule has 0 fully saturated rings. The lowest BCUT2D eigenvalue weighted by atomic mass is 10.2. The number of hydrogen-bond acceptors (Lipinski definition) is 4. The number of aromatic nitrogens is 2. The van der Waals surface area contributed by atoms with Crippen molar-refractivity contribution >= 4 is 11.6 Å². The topological polar surface area (TPSA) is 80.1 Å². The maximum Gasteiger partial charge on any atom is 0.276 e. The summed E-state index contributed by atoms with van der Waals surface area (Å²) in [6.07, 6.45) is 1.56. The molecule has 0 aliphatic carbocycles. The van der Waals surface area contributed by atoms with Gasteiger partial charge in [-0.05, 0) is 36.8 Å². The van der Waals surface area contributed by atoms with Gasteiger partial charge in [0.25, 0.3) is 5.91 Å². The minimum absolute atomic E-state index is 0.273. The van der Waals surface area contributed by atoms with Gasteiger partial charge in [0.05, 0.1) is 19.1 Å². The van der Waals surface area contributed by atoms with Crippen molar-refractivity contribution in [3.05, 3.63) is 53.9 Å². The largest absolute Gasteiger partial charge is 0.495 e. The third-order valence-corrected chi connectivity index (χ3v) is 3.20. The molecule has 3 rings (SSSR count). The summed E-state index contributed by atoms with van der Waals surface area (Å²) in [6, 6.07) is 10.8. The first-order valence-corrected chi connectivity index (χ1v) is 6.72. The van der Waals surface area contributed by atoms with Gasteiger partial charge >= 0.3 is 0 Å². The molecule has 0 aliphatic heterocycles. The molecule has 0 saturated carbocycles. The van der Waals surface area contributed by atoms with Crippen molar-refractivity contribution < 1.29 is 13.9 Å². The van der Waals surface area contributed by atoms with Crippen LogP contribution in [-0.2, 0) is 0 Å². The fourth-order valence-electron chi connectivity index (χ4n) is 2.10. The molecule has 1 amide bonds. The molecule has 6 nitrogen and oxygen atoms in total. The Kier molecular flexibility index (Phi) is 3.65. The summed E-state index contributed by atoms with van der Waals surface area (Å²) in [5.74, 6) is 0.901. The standard InChI is InChI=1S/C16H15N3O3/c1-10-5-6-14(21-2)11(8-10)17-16(20)13-9-12(18-19-13)15-4-3-7-22-15/h3-9H,1-2H3,(H,17,20)(H,18,19). The second-order valence-corrected chi connectivity index (χ2v) is 4.80. The van der Waals surface area contributed by atoms with Crippen LogP contribution in [0.2, 0.25) is 0 Å². The minimum atomic E-state index is -0.321. The van der Waals surface area contributed by atoms with E-state index in [0.717, 1.165) is 5.56 Å². The Balaban J connectivity index is 1.82. The molecule has 0 radical (unpaired) electrons. The van der Waals surface area contributed by atoms with E-state index >= 15 is 0 Å². The van der Waals surface area contributed by atoms with Gasteiger partial charge in [-0.1, -0.05) is 6.07 Å². The number of aryl methyl sites for hydroxylation is 1. The van der Waals surface area contributed by atoms with E-state index < -0.39 is 0 Å². The fraction of sp³-hybridized carbons (Fsp3) is 0.125. The van der Waals surface area contributed by atoms with E-state index in [2.05, 4.69) is 15.5 Å². The molecule has 2 aromatic heterocycles. The summed E-state index contributed by atoms with van der Waals surface area (Å²) in [4.78, 5) is 12.3.